The van der Waals surface area contributed by atoms with E-state index < -0.39 is 5.97 Å². The zero-order valence-corrected chi connectivity index (χ0v) is 13.4. The van der Waals surface area contributed by atoms with Crippen LogP contribution in [0, 0.1) is 6.92 Å². The molecule has 6 heteroatoms. The van der Waals surface area contributed by atoms with Crippen LogP contribution in [0.15, 0.2) is 22.7 Å². The number of anilines is 1. The van der Waals surface area contributed by atoms with E-state index in [0.717, 1.165) is 20.5 Å². The molecule has 0 aliphatic rings. The molecule has 100 valence electrons. The maximum Gasteiger partial charge on any atom is 0.350 e. The number of rotatable bonds is 2. The highest BCUT2D eigenvalue weighted by Crippen LogP contribution is 2.40. The lowest BCUT2D eigenvalue weighted by molar-refractivity contribution is 0.0607. The summed E-state index contributed by atoms with van der Waals surface area (Å²) in [5, 5.41) is 0.621. The molecule has 0 radical (unpaired) electrons. The Kier molecular flexibility index (Phi) is 4.18. The molecule has 0 aliphatic carbocycles. The molecule has 3 nitrogen and oxygen atoms in total. The Morgan fingerprint density at radius 2 is 2.11 bits per heavy atom. The van der Waals surface area contributed by atoms with E-state index >= 15 is 0 Å². The van der Waals surface area contributed by atoms with Gasteiger partial charge in [-0.15, -0.1) is 11.3 Å². The standard InChI is InChI=1S/C13H11BrClNO2S/c1-6-10(16)12(13(17)18-2)19-11(6)7-3-8(14)5-9(15)4-7/h3-5H,16H2,1-2H3. The summed E-state index contributed by atoms with van der Waals surface area (Å²) in [5.74, 6) is -0.419. The van der Waals surface area contributed by atoms with Crippen molar-refractivity contribution in [1.29, 1.82) is 0 Å². The van der Waals surface area contributed by atoms with Crippen molar-refractivity contribution in [2.45, 2.75) is 6.92 Å². The van der Waals surface area contributed by atoms with Crippen molar-refractivity contribution in [3.05, 3.63) is 38.1 Å². The maximum atomic E-state index is 11.6. The van der Waals surface area contributed by atoms with Gasteiger partial charge in [-0.1, -0.05) is 27.5 Å². The highest BCUT2D eigenvalue weighted by atomic mass is 79.9. The first-order valence-electron chi connectivity index (χ1n) is 5.37. The predicted molar refractivity (Wildman–Crippen MR) is 83.0 cm³/mol. The lowest BCUT2D eigenvalue weighted by Crippen LogP contribution is -2.01. The Balaban J connectivity index is 2.60. The zero-order chi connectivity index (χ0) is 14.2. The topological polar surface area (TPSA) is 52.3 Å². The number of thiophene rings is 1. The normalized spacial score (nSPS) is 10.5. The van der Waals surface area contributed by atoms with Crippen LogP contribution in [-0.2, 0) is 4.74 Å². The Bertz CT molecular complexity index is 634. The van der Waals surface area contributed by atoms with Gasteiger partial charge in [0.15, 0.2) is 0 Å². The molecule has 1 aromatic heterocycles. The van der Waals surface area contributed by atoms with Crippen molar-refractivity contribution in [2.75, 3.05) is 12.8 Å². The number of carbonyl (C=O) groups is 1. The molecular formula is C13H11BrClNO2S. The number of hydrogen-bond acceptors (Lipinski definition) is 4. The van der Waals surface area contributed by atoms with Crippen molar-refractivity contribution in [2.24, 2.45) is 0 Å². The van der Waals surface area contributed by atoms with E-state index in [-0.39, 0.29) is 0 Å². The van der Waals surface area contributed by atoms with Gasteiger partial charge in [-0.25, -0.2) is 4.79 Å². The van der Waals surface area contributed by atoms with Crippen LogP contribution in [0.1, 0.15) is 15.2 Å². The van der Waals surface area contributed by atoms with Gasteiger partial charge in [0.25, 0.3) is 0 Å². The summed E-state index contributed by atoms with van der Waals surface area (Å²) in [4.78, 5) is 13.0. The highest BCUT2D eigenvalue weighted by molar-refractivity contribution is 9.10. The minimum absolute atomic E-state index is 0.419. The minimum Gasteiger partial charge on any atom is -0.465 e. The van der Waals surface area contributed by atoms with Gasteiger partial charge >= 0.3 is 5.97 Å². The van der Waals surface area contributed by atoms with Crippen LogP contribution in [0.2, 0.25) is 5.02 Å². The fraction of sp³-hybridized carbons (Fsp3) is 0.154. The zero-order valence-electron chi connectivity index (χ0n) is 10.3. The van der Waals surface area contributed by atoms with E-state index in [2.05, 4.69) is 15.9 Å². The average molecular weight is 361 g/mol. The maximum absolute atomic E-state index is 11.6. The third-order valence-corrected chi connectivity index (χ3v) is 4.70. The van der Waals surface area contributed by atoms with Crippen molar-refractivity contribution in [1.82, 2.24) is 0 Å². The highest BCUT2D eigenvalue weighted by Gasteiger charge is 2.20. The number of esters is 1. The van der Waals surface area contributed by atoms with Crippen molar-refractivity contribution in [3.8, 4) is 10.4 Å². The van der Waals surface area contributed by atoms with E-state index in [1.807, 2.05) is 19.1 Å². The molecule has 2 rings (SSSR count). The first-order chi connectivity index (χ1) is 8.93. The molecule has 0 saturated carbocycles. The van der Waals surface area contributed by atoms with Crippen molar-refractivity contribution in [3.63, 3.8) is 0 Å². The van der Waals surface area contributed by atoms with E-state index in [1.165, 1.54) is 18.4 Å². The second kappa shape index (κ2) is 5.53. The molecule has 0 saturated heterocycles. The van der Waals surface area contributed by atoms with Crippen molar-refractivity contribution >= 4 is 50.5 Å². The number of ether oxygens (including phenoxy) is 1. The Morgan fingerprint density at radius 3 is 2.68 bits per heavy atom. The van der Waals surface area contributed by atoms with E-state index in [1.54, 1.807) is 6.07 Å². The minimum atomic E-state index is -0.419. The number of halogens is 2. The summed E-state index contributed by atoms with van der Waals surface area (Å²) >= 11 is 10.8. The number of nitrogens with two attached hydrogens (primary N) is 1. The monoisotopic (exact) mass is 359 g/mol. The fourth-order valence-corrected chi connectivity index (χ4v) is 3.72. The summed E-state index contributed by atoms with van der Waals surface area (Å²) in [6.45, 7) is 1.88. The van der Waals surface area contributed by atoms with Gasteiger partial charge in [-0.2, -0.15) is 0 Å². The molecule has 0 bridgehead atoms. The first kappa shape index (κ1) is 14.4. The molecule has 0 unspecified atom stereocenters. The van der Waals surface area contributed by atoms with Crippen LogP contribution in [0.3, 0.4) is 0 Å². The van der Waals surface area contributed by atoms with Crippen molar-refractivity contribution < 1.29 is 9.53 Å². The number of nitrogen functional groups attached to an aromatic ring is 1. The number of benzene rings is 1. The summed E-state index contributed by atoms with van der Waals surface area (Å²) in [6.07, 6.45) is 0. The molecular weight excluding hydrogens is 350 g/mol. The van der Waals surface area contributed by atoms with Crippen LogP contribution in [-0.4, -0.2) is 13.1 Å². The average Bonchev–Trinajstić information content (AvgIpc) is 2.64. The van der Waals surface area contributed by atoms with Gasteiger partial charge < -0.3 is 10.5 Å². The Morgan fingerprint density at radius 1 is 1.42 bits per heavy atom. The van der Waals surface area contributed by atoms with E-state index in [4.69, 9.17) is 22.1 Å². The van der Waals surface area contributed by atoms with Crippen LogP contribution in [0.4, 0.5) is 5.69 Å². The molecule has 1 heterocycles. The lowest BCUT2D eigenvalue weighted by atomic mass is 10.1. The molecule has 2 aromatic rings. The molecule has 19 heavy (non-hydrogen) atoms. The molecule has 2 N–H and O–H groups in total. The molecule has 0 fully saturated rings. The van der Waals surface area contributed by atoms with E-state index in [0.29, 0.717) is 15.6 Å². The van der Waals surface area contributed by atoms with Gasteiger partial charge in [0, 0.05) is 14.4 Å². The third kappa shape index (κ3) is 2.78. The largest absolute Gasteiger partial charge is 0.465 e. The summed E-state index contributed by atoms with van der Waals surface area (Å²) in [7, 11) is 1.34. The van der Waals surface area contributed by atoms with Crippen LogP contribution < -0.4 is 5.73 Å². The number of methoxy groups -OCH3 is 1. The summed E-state index contributed by atoms with van der Waals surface area (Å²) in [6, 6.07) is 5.58. The summed E-state index contributed by atoms with van der Waals surface area (Å²) in [5.41, 5.74) is 8.20. The second-order valence-electron chi connectivity index (χ2n) is 3.95. The molecule has 0 atom stereocenters. The van der Waals surface area contributed by atoms with Gasteiger partial charge in [-0.3, -0.25) is 0 Å². The first-order valence-corrected chi connectivity index (χ1v) is 7.36. The van der Waals surface area contributed by atoms with Crippen LogP contribution in [0.25, 0.3) is 10.4 Å². The molecule has 0 spiro atoms. The SMILES string of the molecule is COC(=O)c1sc(-c2cc(Cl)cc(Br)c2)c(C)c1N. The van der Waals surface area contributed by atoms with Gasteiger partial charge in [0.1, 0.15) is 4.88 Å². The quantitative estimate of drug-likeness (QED) is 0.802. The van der Waals surface area contributed by atoms with Gasteiger partial charge in [0.05, 0.1) is 12.8 Å². The number of hydrogen-bond donors (Lipinski definition) is 1. The summed E-state index contributed by atoms with van der Waals surface area (Å²) < 4.78 is 5.60. The smallest absolute Gasteiger partial charge is 0.350 e. The van der Waals surface area contributed by atoms with Crippen LogP contribution >= 0.6 is 38.9 Å². The predicted octanol–water partition coefficient (Wildman–Crippen LogP) is 4.51. The van der Waals surface area contributed by atoms with E-state index in [9.17, 15) is 4.79 Å². The molecule has 0 aliphatic heterocycles. The van der Waals surface area contributed by atoms with Crippen LogP contribution in [0.5, 0.6) is 0 Å². The Labute approximate surface area is 128 Å². The van der Waals surface area contributed by atoms with Gasteiger partial charge in [0.2, 0.25) is 0 Å². The lowest BCUT2D eigenvalue weighted by Gasteiger charge is -2.02. The molecule has 1 aromatic carbocycles. The number of carbonyl (C=O) groups excluding carboxylic acids is 1. The van der Waals surface area contributed by atoms with Gasteiger partial charge in [-0.05, 0) is 36.2 Å². The second-order valence-corrected chi connectivity index (χ2v) is 6.32. The third-order valence-electron chi connectivity index (χ3n) is 2.69. The molecule has 0 amide bonds. The fourth-order valence-electron chi connectivity index (χ4n) is 1.73. The Hall–Kier alpha value is -1.04.